The number of rotatable bonds is 16. The van der Waals surface area contributed by atoms with E-state index in [1.165, 1.54) is 64.3 Å². The van der Waals surface area contributed by atoms with Gasteiger partial charge in [0.25, 0.3) is 0 Å². The summed E-state index contributed by atoms with van der Waals surface area (Å²) >= 11 is 14.0. The molecule has 0 saturated heterocycles. The topological polar surface area (TPSA) is 22.4 Å². The van der Waals surface area contributed by atoms with Gasteiger partial charge in [-0.15, -0.1) is 0 Å². The fourth-order valence-corrected chi connectivity index (χ4v) is 6.66. The molecule has 0 saturated carbocycles. The minimum Gasteiger partial charge on any atom is -1.00 e. The first-order valence-corrected chi connectivity index (χ1v) is 14.8. The maximum absolute atomic E-state index is 5.94. The molecule has 0 aliphatic heterocycles. The molecular weight excluding hydrogens is 746 g/mol. The first-order valence-electron chi connectivity index (χ1n) is 11.6. The maximum Gasteiger partial charge on any atom is 0.169 e. The Labute approximate surface area is 244 Å². The smallest absolute Gasteiger partial charge is 0.169 e. The summed E-state index contributed by atoms with van der Waals surface area (Å²) in [4.78, 5) is 0. The molecule has 33 heavy (non-hydrogen) atoms. The molecule has 2 aromatic rings. The van der Waals surface area contributed by atoms with Crippen molar-refractivity contribution in [3.05, 3.63) is 48.1 Å². The lowest BCUT2D eigenvalue weighted by molar-refractivity contribution is -0.904. The Kier molecular flexibility index (Phi) is 16.5. The predicted octanol–water partition coefficient (Wildman–Crippen LogP) is 6.89. The van der Waals surface area contributed by atoms with E-state index in [1.54, 1.807) is 0 Å². The fourth-order valence-electron chi connectivity index (χ4n) is 3.83. The third kappa shape index (κ3) is 13.5. The van der Waals surface area contributed by atoms with Crippen LogP contribution in [0.2, 0.25) is 0 Å². The molecule has 1 aromatic heterocycles. The van der Waals surface area contributed by atoms with Crippen LogP contribution in [0, 0.1) is 0 Å². The van der Waals surface area contributed by atoms with Crippen LogP contribution in [-0.4, -0.2) is 31.7 Å². The molecule has 1 aromatic carbocycles. The van der Waals surface area contributed by atoms with Gasteiger partial charge in [0.05, 0.1) is 36.2 Å². The quantitative estimate of drug-likeness (QED) is 0.137. The lowest BCUT2D eigenvalue weighted by Gasteiger charge is -2.28. The Hall–Kier alpha value is 0.660. The van der Waals surface area contributed by atoms with Crippen LogP contribution in [0.1, 0.15) is 70.0 Å². The lowest BCUT2D eigenvalue weighted by Crippen LogP contribution is -3.00. The third-order valence-corrected chi connectivity index (χ3v) is 7.64. The molecule has 0 amide bonds. The van der Waals surface area contributed by atoms with Crippen molar-refractivity contribution in [1.82, 2.24) is 0 Å². The van der Waals surface area contributed by atoms with Gasteiger partial charge in [0.1, 0.15) is 12.3 Å². The lowest BCUT2D eigenvalue weighted by atomic mass is 10.1. The van der Waals surface area contributed by atoms with E-state index in [1.807, 2.05) is 18.2 Å². The molecule has 2 rings (SSSR count). The average Bonchev–Trinajstić information content (AvgIpc) is 3.10. The second-order valence-corrected chi connectivity index (χ2v) is 12.5. The number of nitrogens with zero attached hydrogens (tertiary/aromatic N) is 1. The highest BCUT2D eigenvalue weighted by Gasteiger charge is 2.17. The number of benzene rings is 1. The van der Waals surface area contributed by atoms with Crippen molar-refractivity contribution in [1.29, 1.82) is 0 Å². The largest absolute Gasteiger partial charge is 1.00 e. The Morgan fingerprint density at radius 2 is 1.27 bits per heavy atom. The summed E-state index contributed by atoms with van der Waals surface area (Å²) in [5, 5.41) is 0. The first-order chi connectivity index (χ1) is 15.3. The summed E-state index contributed by atoms with van der Waals surface area (Å²) in [5.74, 6) is 1.95. The van der Waals surface area contributed by atoms with Gasteiger partial charge in [-0.3, -0.25) is 0 Å². The molecule has 0 N–H and O–H groups in total. The van der Waals surface area contributed by atoms with Crippen LogP contribution in [0.5, 0.6) is 5.75 Å². The predicted molar refractivity (Wildman–Crippen MR) is 148 cm³/mol. The van der Waals surface area contributed by atoms with Crippen LogP contribution in [0.15, 0.2) is 46.8 Å². The normalized spacial score (nSPS) is 11.5. The molecule has 0 spiro atoms. The summed E-state index contributed by atoms with van der Waals surface area (Å²) in [6, 6.07) is 8.07. The van der Waals surface area contributed by atoms with E-state index in [2.05, 4.69) is 83.9 Å². The molecule has 8 heteroatoms. The highest BCUT2D eigenvalue weighted by atomic mass is 79.9. The highest BCUT2D eigenvalue weighted by Crippen LogP contribution is 2.36. The number of ether oxygens (including phenoxy) is 1. The molecule has 0 atom stereocenters. The monoisotopic (exact) mass is 777 g/mol. The molecular formula is C25H36Br5NO2. The Bertz CT molecular complexity index is 787. The summed E-state index contributed by atoms with van der Waals surface area (Å²) < 4.78 is 16.4. The van der Waals surface area contributed by atoms with Gasteiger partial charge in [-0.25, -0.2) is 0 Å². The van der Waals surface area contributed by atoms with Crippen LogP contribution in [-0.2, 0) is 6.54 Å². The Balaban J connectivity index is 0.00000544. The third-order valence-electron chi connectivity index (χ3n) is 5.58. The van der Waals surface area contributed by atoms with Crippen LogP contribution in [0.25, 0.3) is 0 Å². The summed E-state index contributed by atoms with van der Waals surface area (Å²) in [7, 11) is 4.58. The van der Waals surface area contributed by atoms with E-state index < -0.39 is 0 Å². The Morgan fingerprint density at radius 1 is 0.758 bits per heavy atom. The van der Waals surface area contributed by atoms with Gasteiger partial charge >= 0.3 is 0 Å². The number of furan rings is 1. The van der Waals surface area contributed by atoms with Crippen molar-refractivity contribution in [2.24, 2.45) is 0 Å². The second kappa shape index (κ2) is 17.2. The van der Waals surface area contributed by atoms with Crippen LogP contribution >= 0.6 is 63.7 Å². The van der Waals surface area contributed by atoms with E-state index >= 15 is 0 Å². The van der Waals surface area contributed by atoms with Gasteiger partial charge in [-0.2, -0.15) is 0 Å². The Morgan fingerprint density at radius 3 is 1.79 bits per heavy atom. The number of hydrogen-bond acceptors (Lipinski definition) is 2. The SMILES string of the molecule is C[N+](C)(CCCCCCCCCCCCOc1c(Br)cc(Br)cc1Br)Cc1ccc(Br)o1.[Br-]. The van der Waals surface area contributed by atoms with Crippen molar-refractivity contribution in [3.63, 3.8) is 0 Å². The van der Waals surface area contributed by atoms with E-state index in [4.69, 9.17) is 9.15 Å². The molecule has 188 valence electrons. The number of quaternary nitrogens is 1. The summed E-state index contributed by atoms with van der Waals surface area (Å²) in [6.45, 7) is 2.92. The van der Waals surface area contributed by atoms with Gasteiger partial charge in [0, 0.05) is 4.47 Å². The zero-order chi connectivity index (χ0) is 23.4. The standard InChI is InChI=1S/C25H36Br4NO2.BrH/c1-30(2,19-21-13-14-24(29)32-21)15-11-9-7-5-3-4-6-8-10-12-16-31-25-22(27)17-20(26)18-23(25)28;/h13-14,17-18H,3-12,15-16,19H2,1-2H3;1H/q+1;/p-1. The number of hydrogen-bond donors (Lipinski definition) is 0. The van der Waals surface area contributed by atoms with Crippen molar-refractivity contribution < 1.29 is 30.6 Å². The van der Waals surface area contributed by atoms with Crippen LogP contribution in [0.4, 0.5) is 0 Å². The van der Waals surface area contributed by atoms with Crippen molar-refractivity contribution in [2.75, 3.05) is 27.2 Å². The molecule has 0 aliphatic rings. The van der Waals surface area contributed by atoms with Gasteiger partial charge < -0.3 is 30.6 Å². The van der Waals surface area contributed by atoms with E-state index in [-0.39, 0.29) is 17.0 Å². The zero-order valence-electron chi connectivity index (χ0n) is 19.7. The minimum absolute atomic E-state index is 0. The van der Waals surface area contributed by atoms with Gasteiger partial charge in [-0.05, 0) is 91.3 Å². The fraction of sp³-hybridized carbons (Fsp3) is 0.600. The van der Waals surface area contributed by atoms with Crippen molar-refractivity contribution in [2.45, 2.75) is 70.8 Å². The number of halogens is 5. The van der Waals surface area contributed by atoms with E-state index in [9.17, 15) is 0 Å². The summed E-state index contributed by atoms with van der Waals surface area (Å²) in [5.41, 5.74) is 0. The molecule has 3 nitrogen and oxygen atoms in total. The molecule has 0 bridgehead atoms. The maximum atomic E-state index is 5.94. The molecule has 1 heterocycles. The second-order valence-electron chi connectivity index (χ2n) is 9.11. The van der Waals surface area contributed by atoms with Gasteiger partial charge in [-0.1, -0.05) is 60.9 Å². The van der Waals surface area contributed by atoms with Crippen molar-refractivity contribution >= 4 is 63.7 Å². The van der Waals surface area contributed by atoms with Crippen LogP contribution < -0.4 is 21.7 Å². The number of unbranched alkanes of at least 4 members (excludes halogenated alkanes) is 9. The average molecular weight is 782 g/mol. The molecule has 0 unspecified atom stereocenters. The first kappa shape index (κ1) is 31.7. The van der Waals surface area contributed by atoms with Crippen LogP contribution in [0.3, 0.4) is 0 Å². The van der Waals surface area contributed by atoms with Gasteiger partial charge in [0.15, 0.2) is 10.4 Å². The zero-order valence-corrected chi connectivity index (χ0v) is 27.6. The molecule has 0 radical (unpaired) electrons. The highest BCUT2D eigenvalue weighted by molar-refractivity contribution is 9.11. The summed E-state index contributed by atoms with van der Waals surface area (Å²) in [6.07, 6.45) is 13.1. The van der Waals surface area contributed by atoms with E-state index in [0.717, 1.165) is 53.7 Å². The van der Waals surface area contributed by atoms with Crippen molar-refractivity contribution in [3.8, 4) is 5.75 Å². The molecule has 0 fully saturated rings. The van der Waals surface area contributed by atoms with Gasteiger partial charge in [0.2, 0.25) is 0 Å². The molecule has 0 aliphatic carbocycles. The minimum atomic E-state index is 0. The van der Waals surface area contributed by atoms with E-state index in [0.29, 0.717) is 0 Å².